The summed E-state index contributed by atoms with van der Waals surface area (Å²) >= 11 is 5.48. The molecule has 0 N–H and O–H groups in total. The Bertz CT molecular complexity index is 732. The van der Waals surface area contributed by atoms with Crippen molar-refractivity contribution in [3.63, 3.8) is 0 Å². The van der Waals surface area contributed by atoms with Crippen LogP contribution in [0.1, 0.15) is 20.8 Å². The van der Waals surface area contributed by atoms with Crippen molar-refractivity contribution in [1.29, 1.82) is 0 Å². The zero-order chi connectivity index (χ0) is 13.4. The van der Waals surface area contributed by atoms with Gasteiger partial charge in [0.15, 0.2) is 0 Å². The summed E-state index contributed by atoms with van der Waals surface area (Å²) in [6.45, 7) is 2.10. The van der Waals surface area contributed by atoms with Crippen LogP contribution in [0, 0.1) is 12.7 Å². The Kier molecular flexibility index (Phi) is 3.42. The lowest BCUT2D eigenvalue weighted by molar-refractivity contribution is 0.639. The minimum atomic E-state index is -0.165. The summed E-state index contributed by atoms with van der Waals surface area (Å²) in [6, 6.07) is 13.2. The number of alkyl halides is 1. The second-order valence-corrected chi connectivity index (χ2v) is 6.38. The lowest BCUT2D eigenvalue weighted by Gasteiger charge is -2.13. The number of benzene rings is 2. The third kappa shape index (κ3) is 2.21. The summed E-state index contributed by atoms with van der Waals surface area (Å²) in [5, 5.41) is 3.74. The van der Waals surface area contributed by atoms with Gasteiger partial charge in [-0.05, 0) is 40.9 Å². The predicted molar refractivity (Wildman–Crippen MR) is 83.7 cm³/mol. The molecule has 0 saturated carbocycles. The van der Waals surface area contributed by atoms with E-state index in [4.69, 9.17) is 0 Å². The summed E-state index contributed by atoms with van der Waals surface area (Å²) < 4.78 is 13.8. The fraction of sp³-hybridized carbons (Fsp3) is 0.125. The first-order valence-electron chi connectivity index (χ1n) is 6.03. The Morgan fingerprint density at radius 2 is 1.79 bits per heavy atom. The maximum atomic E-state index is 13.8. The van der Waals surface area contributed by atoms with E-state index in [-0.39, 0.29) is 10.6 Å². The number of hydrogen-bond acceptors (Lipinski definition) is 1. The first kappa shape index (κ1) is 12.8. The number of fused-ring (bicyclic) bond motifs is 1. The monoisotopic (exact) mass is 334 g/mol. The van der Waals surface area contributed by atoms with Crippen molar-refractivity contribution in [2.24, 2.45) is 0 Å². The Balaban J connectivity index is 2.21. The average molecular weight is 335 g/mol. The summed E-state index contributed by atoms with van der Waals surface area (Å²) in [5.41, 5.74) is 2.38. The van der Waals surface area contributed by atoms with Crippen molar-refractivity contribution in [3.05, 3.63) is 69.7 Å². The van der Waals surface area contributed by atoms with E-state index in [0.29, 0.717) is 5.39 Å². The van der Waals surface area contributed by atoms with Crippen LogP contribution in [0.25, 0.3) is 10.8 Å². The van der Waals surface area contributed by atoms with Crippen molar-refractivity contribution in [3.8, 4) is 0 Å². The average Bonchev–Trinajstić information content (AvgIpc) is 2.85. The van der Waals surface area contributed by atoms with Gasteiger partial charge in [0.25, 0.3) is 0 Å². The number of thiophene rings is 1. The quantitative estimate of drug-likeness (QED) is 0.517. The van der Waals surface area contributed by atoms with Crippen molar-refractivity contribution in [2.45, 2.75) is 11.8 Å². The van der Waals surface area contributed by atoms with E-state index in [0.717, 1.165) is 10.9 Å². The largest absolute Gasteiger partial charge is 0.206 e. The third-order valence-electron chi connectivity index (χ3n) is 3.31. The van der Waals surface area contributed by atoms with Crippen LogP contribution in [-0.2, 0) is 0 Å². The van der Waals surface area contributed by atoms with E-state index in [1.54, 1.807) is 17.4 Å². The maximum Gasteiger partial charge on any atom is 0.131 e. The van der Waals surface area contributed by atoms with Crippen molar-refractivity contribution in [2.75, 3.05) is 0 Å². The first-order valence-corrected chi connectivity index (χ1v) is 7.83. The van der Waals surface area contributed by atoms with Crippen LogP contribution in [0.2, 0.25) is 0 Å². The summed E-state index contributed by atoms with van der Waals surface area (Å²) in [7, 11) is 0. The molecule has 0 nitrogen and oxygen atoms in total. The van der Waals surface area contributed by atoms with E-state index in [2.05, 4.69) is 34.3 Å². The molecule has 19 heavy (non-hydrogen) atoms. The number of halogens is 2. The Labute approximate surface area is 124 Å². The van der Waals surface area contributed by atoms with Crippen LogP contribution in [-0.4, -0.2) is 0 Å². The molecule has 1 unspecified atom stereocenters. The van der Waals surface area contributed by atoms with Gasteiger partial charge < -0.3 is 0 Å². The summed E-state index contributed by atoms with van der Waals surface area (Å²) in [4.78, 5) is 1.38. The smallest absolute Gasteiger partial charge is 0.131 e. The highest BCUT2D eigenvalue weighted by atomic mass is 79.9. The molecule has 0 bridgehead atoms. The molecule has 0 amide bonds. The van der Waals surface area contributed by atoms with Crippen LogP contribution in [0.5, 0.6) is 0 Å². The van der Waals surface area contributed by atoms with E-state index in [1.165, 1.54) is 10.4 Å². The second kappa shape index (κ2) is 5.06. The van der Waals surface area contributed by atoms with Crippen LogP contribution in [0.4, 0.5) is 4.39 Å². The Morgan fingerprint density at radius 1 is 1.05 bits per heavy atom. The SMILES string of the molecule is Cc1ccsc1C(Br)c1ccc(F)c2ccccc12. The van der Waals surface area contributed by atoms with E-state index in [1.807, 2.05) is 30.3 Å². The van der Waals surface area contributed by atoms with Gasteiger partial charge in [-0.3, -0.25) is 0 Å². The van der Waals surface area contributed by atoms with Gasteiger partial charge in [0.2, 0.25) is 0 Å². The number of hydrogen-bond donors (Lipinski definition) is 0. The highest BCUT2D eigenvalue weighted by Gasteiger charge is 2.17. The standard InChI is InChI=1S/C16H12BrFS/c1-10-8-9-19-16(10)15(17)13-6-7-14(18)12-5-3-2-4-11(12)13/h2-9,15H,1H3. The highest BCUT2D eigenvalue weighted by Crippen LogP contribution is 2.39. The minimum Gasteiger partial charge on any atom is -0.206 e. The molecule has 3 rings (SSSR count). The molecule has 1 heterocycles. The summed E-state index contributed by atoms with van der Waals surface area (Å²) in [5.74, 6) is -0.165. The van der Waals surface area contributed by atoms with E-state index < -0.39 is 0 Å². The van der Waals surface area contributed by atoms with Gasteiger partial charge >= 0.3 is 0 Å². The molecule has 0 radical (unpaired) electrons. The van der Waals surface area contributed by atoms with Gasteiger partial charge in [-0.25, -0.2) is 4.39 Å². The zero-order valence-electron chi connectivity index (χ0n) is 10.4. The molecule has 96 valence electrons. The molecule has 0 spiro atoms. The van der Waals surface area contributed by atoms with Crippen molar-refractivity contribution in [1.82, 2.24) is 0 Å². The molecule has 0 aliphatic carbocycles. The van der Waals surface area contributed by atoms with Crippen LogP contribution >= 0.6 is 27.3 Å². The van der Waals surface area contributed by atoms with Gasteiger partial charge in [0.05, 0.1) is 4.83 Å². The molecule has 1 atom stereocenters. The molecule has 2 aromatic carbocycles. The molecule has 1 aromatic heterocycles. The van der Waals surface area contributed by atoms with Crippen molar-refractivity contribution < 1.29 is 4.39 Å². The summed E-state index contributed by atoms with van der Waals surface area (Å²) in [6.07, 6.45) is 0. The normalized spacial score (nSPS) is 12.8. The molecule has 3 aromatic rings. The minimum absolute atomic E-state index is 0.109. The zero-order valence-corrected chi connectivity index (χ0v) is 12.8. The Morgan fingerprint density at radius 3 is 2.47 bits per heavy atom. The van der Waals surface area contributed by atoms with E-state index in [9.17, 15) is 4.39 Å². The van der Waals surface area contributed by atoms with Crippen LogP contribution < -0.4 is 0 Å². The molecular formula is C16H12BrFS. The molecular weight excluding hydrogens is 323 g/mol. The van der Waals surface area contributed by atoms with Gasteiger partial charge in [-0.15, -0.1) is 11.3 Å². The Hall–Kier alpha value is -1.19. The van der Waals surface area contributed by atoms with Crippen molar-refractivity contribution >= 4 is 38.0 Å². The topological polar surface area (TPSA) is 0 Å². The first-order chi connectivity index (χ1) is 9.18. The van der Waals surface area contributed by atoms with Gasteiger partial charge in [-0.2, -0.15) is 0 Å². The maximum absolute atomic E-state index is 13.8. The lowest BCUT2D eigenvalue weighted by Crippen LogP contribution is -1.94. The molecule has 0 aliphatic rings. The fourth-order valence-electron chi connectivity index (χ4n) is 2.29. The van der Waals surface area contributed by atoms with E-state index >= 15 is 0 Å². The van der Waals surface area contributed by atoms with Crippen LogP contribution in [0.15, 0.2) is 47.8 Å². The van der Waals surface area contributed by atoms with Gasteiger partial charge in [0.1, 0.15) is 5.82 Å². The third-order valence-corrected chi connectivity index (χ3v) is 5.65. The number of rotatable bonds is 2. The highest BCUT2D eigenvalue weighted by molar-refractivity contribution is 9.09. The predicted octanol–water partition coefficient (Wildman–Crippen LogP) is 5.83. The number of aryl methyl sites for hydroxylation is 1. The lowest BCUT2D eigenvalue weighted by atomic mass is 10.00. The van der Waals surface area contributed by atoms with Gasteiger partial charge in [0, 0.05) is 10.3 Å². The van der Waals surface area contributed by atoms with Gasteiger partial charge in [-0.1, -0.05) is 46.3 Å². The molecule has 0 aliphatic heterocycles. The molecule has 0 fully saturated rings. The van der Waals surface area contributed by atoms with Crippen LogP contribution in [0.3, 0.4) is 0 Å². The molecule has 0 saturated heterocycles. The fourth-order valence-corrected chi connectivity index (χ4v) is 4.30. The second-order valence-electron chi connectivity index (χ2n) is 4.51. The molecule has 3 heteroatoms.